The molecular weight excluding hydrogens is 252 g/mol. The van der Waals surface area contributed by atoms with Crippen molar-refractivity contribution in [2.45, 2.75) is 25.8 Å². The summed E-state index contributed by atoms with van der Waals surface area (Å²) in [5, 5.41) is 18.1. The molecule has 3 N–H and O–H groups in total. The van der Waals surface area contributed by atoms with E-state index in [1.807, 2.05) is 18.2 Å². The Hall–Kier alpha value is -2.30. The van der Waals surface area contributed by atoms with Crippen LogP contribution >= 0.6 is 0 Å². The lowest BCUT2D eigenvalue weighted by Crippen LogP contribution is -2.27. The number of phenolic OH excluding ortho intramolecular Hbond substituents is 1. The normalized spacial score (nSPS) is 18.4. The van der Waals surface area contributed by atoms with Gasteiger partial charge in [-0.3, -0.25) is 0 Å². The van der Waals surface area contributed by atoms with Crippen molar-refractivity contribution in [2.75, 3.05) is 17.2 Å². The molecule has 1 fully saturated rings. The molecular formula is C15H18N4O. The number of hydrogen-bond donors (Lipinski definition) is 2. The zero-order valence-electron chi connectivity index (χ0n) is 11.5. The summed E-state index contributed by atoms with van der Waals surface area (Å²) in [6.07, 6.45) is 2.32. The van der Waals surface area contributed by atoms with Gasteiger partial charge in [-0.15, -0.1) is 10.2 Å². The van der Waals surface area contributed by atoms with Gasteiger partial charge in [0.25, 0.3) is 0 Å². The SMILES string of the molecule is C[C@@H]1CCCN1c1cc(-c2ccccc2O)nnc1N. The average molecular weight is 270 g/mol. The molecule has 1 saturated heterocycles. The number of nitrogens with two attached hydrogens (primary N) is 1. The number of nitrogen functional groups attached to an aromatic ring is 1. The first-order chi connectivity index (χ1) is 9.66. The quantitative estimate of drug-likeness (QED) is 0.876. The van der Waals surface area contributed by atoms with Gasteiger partial charge in [0.2, 0.25) is 0 Å². The maximum atomic E-state index is 9.93. The Morgan fingerprint density at radius 1 is 1.30 bits per heavy atom. The van der Waals surface area contributed by atoms with Crippen molar-refractivity contribution in [3.8, 4) is 17.0 Å². The molecule has 104 valence electrons. The number of aromatic hydroxyl groups is 1. The van der Waals surface area contributed by atoms with E-state index in [1.165, 1.54) is 0 Å². The van der Waals surface area contributed by atoms with E-state index in [-0.39, 0.29) is 5.75 Å². The first kappa shape index (κ1) is 12.7. The van der Waals surface area contributed by atoms with Crippen molar-refractivity contribution in [1.82, 2.24) is 10.2 Å². The highest BCUT2D eigenvalue weighted by atomic mass is 16.3. The van der Waals surface area contributed by atoms with Crippen LogP contribution < -0.4 is 10.6 Å². The molecule has 5 nitrogen and oxygen atoms in total. The van der Waals surface area contributed by atoms with Gasteiger partial charge in [0.1, 0.15) is 5.75 Å². The van der Waals surface area contributed by atoms with Crippen LogP contribution in [0.15, 0.2) is 30.3 Å². The molecule has 0 unspecified atom stereocenters. The van der Waals surface area contributed by atoms with Crippen molar-refractivity contribution >= 4 is 11.5 Å². The lowest BCUT2D eigenvalue weighted by atomic mass is 10.1. The lowest BCUT2D eigenvalue weighted by molar-refractivity contribution is 0.477. The smallest absolute Gasteiger partial charge is 0.169 e. The van der Waals surface area contributed by atoms with E-state index in [0.29, 0.717) is 23.1 Å². The fourth-order valence-corrected chi connectivity index (χ4v) is 2.73. The second kappa shape index (κ2) is 5.00. The number of phenols is 1. The molecule has 0 saturated carbocycles. The minimum absolute atomic E-state index is 0.201. The maximum absolute atomic E-state index is 9.93. The van der Waals surface area contributed by atoms with Gasteiger partial charge >= 0.3 is 0 Å². The summed E-state index contributed by atoms with van der Waals surface area (Å²) in [6.45, 7) is 3.17. The molecule has 20 heavy (non-hydrogen) atoms. The summed E-state index contributed by atoms with van der Waals surface area (Å²) < 4.78 is 0. The first-order valence-corrected chi connectivity index (χ1v) is 6.85. The molecule has 0 radical (unpaired) electrons. The van der Waals surface area contributed by atoms with Gasteiger partial charge in [0, 0.05) is 18.2 Å². The van der Waals surface area contributed by atoms with Crippen molar-refractivity contribution in [2.24, 2.45) is 0 Å². The Kier molecular flexibility index (Phi) is 3.18. The minimum Gasteiger partial charge on any atom is -0.507 e. The van der Waals surface area contributed by atoms with Gasteiger partial charge < -0.3 is 15.7 Å². The first-order valence-electron chi connectivity index (χ1n) is 6.85. The predicted molar refractivity (Wildman–Crippen MR) is 79.6 cm³/mol. The Labute approximate surface area is 118 Å². The van der Waals surface area contributed by atoms with Crippen molar-refractivity contribution in [3.05, 3.63) is 30.3 Å². The fourth-order valence-electron chi connectivity index (χ4n) is 2.73. The van der Waals surface area contributed by atoms with Gasteiger partial charge in [0.05, 0.1) is 11.4 Å². The lowest BCUT2D eigenvalue weighted by Gasteiger charge is -2.24. The summed E-state index contributed by atoms with van der Waals surface area (Å²) in [4.78, 5) is 2.26. The molecule has 2 aromatic rings. The van der Waals surface area contributed by atoms with Crippen LogP contribution in [-0.4, -0.2) is 27.9 Å². The summed E-state index contributed by atoms with van der Waals surface area (Å²) in [7, 11) is 0. The monoisotopic (exact) mass is 270 g/mol. The summed E-state index contributed by atoms with van der Waals surface area (Å²) in [6, 6.07) is 9.49. The molecule has 0 bridgehead atoms. The highest BCUT2D eigenvalue weighted by Gasteiger charge is 2.23. The van der Waals surface area contributed by atoms with Crippen molar-refractivity contribution in [1.29, 1.82) is 0 Å². The molecule has 1 aliphatic heterocycles. The van der Waals surface area contributed by atoms with Crippen LogP contribution in [0.25, 0.3) is 11.3 Å². The van der Waals surface area contributed by atoms with E-state index in [4.69, 9.17) is 5.73 Å². The second-order valence-electron chi connectivity index (χ2n) is 5.20. The summed E-state index contributed by atoms with van der Waals surface area (Å²) in [5.41, 5.74) is 8.19. The van der Waals surface area contributed by atoms with Gasteiger partial charge in [-0.2, -0.15) is 0 Å². The molecule has 1 atom stereocenters. The topological polar surface area (TPSA) is 75.3 Å². The molecule has 0 aliphatic carbocycles. The number of benzene rings is 1. The van der Waals surface area contributed by atoms with Crippen LogP contribution in [0.5, 0.6) is 5.75 Å². The molecule has 2 heterocycles. The molecule has 3 rings (SSSR count). The van der Waals surface area contributed by atoms with Gasteiger partial charge in [0.15, 0.2) is 5.82 Å². The second-order valence-corrected chi connectivity index (χ2v) is 5.20. The number of anilines is 2. The summed E-state index contributed by atoms with van der Waals surface area (Å²) >= 11 is 0. The zero-order chi connectivity index (χ0) is 14.1. The van der Waals surface area contributed by atoms with Crippen LogP contribution in [0.1, 0.15) is 19.8 Å². The Morgan fingerprint density at radius 2 is 2.10 bits per heavy atom. The predicted octanol–water partition coefficient (Wildman–Crippen LogP) is 2.42. The van der Waals surface area contributed by atoms with E-state index in [1.54, 1.807) is 12.1 Å². The molecule has 0 amide bonds. The number of nitrogens with zero attached hydrogens (tertiary/aromatic N) is 3. The highest BCUT2D eigenvalue weighted by molar-refractivity contribution is 5.74. The standard InChI is InChI=1S/C15H18N4O/c1-10-5-4-8-19(10)13-9-12(17-18-15(13)16)11-6-2-3-7-14(11)20/h2-3,6-7,9-10,20H,4-5,8H2,1H3,(H2,16,18)/t10-/m1/s1. The zero-order valence-corrected chi connectivity index (χ0v) is 11.5. The molecule has 5 heteroatoms. The third kappa shape index (κ3) is 2.15. The van der Waals surface area contributed by atoms with Gasteiger partial charge in [-0.05, 0) is 38.0 Å². The van der Waals surface area contributed by atoms with Crippen LogP contribution in [0.3, 0.4) is 0 Å². The van der Waals surface area contributed by atoms with Crippen molar-refractivity contribution in [3.63, 3.8) is 0 Å². The van der Waals surface area contributed by atoms with Crippen LogP contribution in [0.4, 0.5) is 11.5 Å². The highest BCUT2D eigenvalue weighted by Crippen LogP contribution is 2.34. The van der Waals surface area contributed by atoms with Crippen LogP contribution in [0, 0.1) is 0 Å². The van der Waals surface area contributed by atoms with E-state index in [0.717, 1.165) is 25.1 Å². The Bertz CT molecular complexity index is 629. The van der Waals surface area contributed by atoms with E-state index in [9.17, 15) is 5.11 Å². The van der Waals surface area contributed by atoms with Crippen LogP contribution in [0.2, 0.25) is 0 Å². The molecule has 1 aromatic heterocycles. The Balaban J connectivity index is 2.05. The van der Waals surface area contributed by atoms with Gasteiger partial charge in [-0.25, -0.2) is 0 Å². The minimum atomic E-state index is 0.201. The molecule has 1 aliphatic rings. The fraction of sp³-hybridized carbons (Fsp3) is 0.333. The van der Waals surface area contributed by atoms with Crippen molar-refractivity contribution < 1.29 is 5.11 Å². The molecule has 0 spiro atoms. The largest absolute Gasteiger partial charge is 0.507 e. The van der Waals surface area contributed by atoms with E-state index < -0.39 is 0 Å². The Morgan fingerprint density at radius 3 is 2.80 bits per heavy atom. The number of para-hydroxylation sites is 1. The number of hydrogen-bond acceptors (Lipinski definition) is 5. The molecule has 1 aromatic carbocycles. The third-order valence-corrected chi connectivity index (χ3v) is 3.84. The summed E-state index contributed by atoms with van der Waals surface area (Å²) in [5.74, 6) is 0.643. The number of aromatic nitrogens is 2. The number of rotatable bonds is 2. The van der Waals surface area contributed by atoms with E-state index >= 15 is 0 Å². The maximum Gasteiger partial charge on any atom is 0.169 e. The average Bonchev–Trinajstić information content (AvgIpc) is 2.86. The van der Waals surface area contributed by atoms with Gasteiger partial charge in [-0.1, -0.05) is 12.1 Å². The van der Waals surface area contributed by atoms with Crippen LogP contribution in [-0.2, 0) is 0 Å². The van der Waals surface area contributed by atoms with E-state index in [2.05, 4.69) is 22.0 Å². The third-order valence-electron chi connectivity index (χ3n) is 3.84.